The van der Waals surface area contributed by atoms with E-state index in [-0.39, 0.29) is 5.91 Å². The highest BCUT2D eigenvalue weighted by Gasteiger charge is 2.24. The van der Waals surface area contributed by atoms with Gasteiger partial charge in [0.25, 0.3) is 5.91 Å². The molecule has 5 nitrogen and oxygen atoms in total. The first-order valence-corrected chi connectivity index (χ1v) is 12.4. The summed E-state index contributed by atoms with van der Waals surface area (Å²) in [6, 6.07) is 18.7. The Hall–Kier alpha value is -2.20. The maximum atomic E-state index is 12.4. The van der Waals surface area contributed by atoms with E-state index in [1.165, 1.54) is 11.8 Å². The Bertz CT molecular complexity index is 1220. The highest BCUT2D eigenvalue weighted by molar-refractivity contribution is 14.1. The summed E-state index contributed by atoms with van der Waals surface area (Å²) in [4.78, 5) is 17.4. The van der Waals surface area contributed by atoms with Crippen molar-refractivity contribution in [3.05, 3.63) is 90.3 Å². The van der Waals surface area contributed by atoms with E-state index in [9.17, 15) is 4.79 Å². The number of rotatable bonds is 6. The number of amidine groups is 1. The molecule has 1 aliphatic rings. The molecule has 1 fully saturated rings. The summed E-state index contributed by atoms with van der Waals surface area (Å²) in [5.41, 5.74) is 2.41. The lowest BCUT2D eigenvalue weighted by molar-refractivity contribution is -0.115. The van der Waals surface area contributed by atoms with E-state index in [2.05, 4.69) is 32.9 Å². The van der Waals surface area contributed by atoms with Gasteiger partial charge in [-0.3, -0.25) is 4.79 Å². The van der Waals surface area contributed by atoms with Crippen LogP contribution in [0.5, 0.6) is 11.5 Å². The van der Waals surface area contributed by atoms with Gasteiger partial charge in [-0.05, 0) is 100 Å². The number of thioether (sulfide) groups is 1. The van der Waals surface area contributed by atoms with Crippen LogP contribution in [-0.2, 0) is 11.4 Å². The standard InChI is InChI=1S/C24H17Cl2IN2O3S/c1-31-18-8-6-17(7-9-18)28-24-29-23(30)21(33-24)12-15-10-19(25)22(20(26)11-15)32-13-14-2-4-16(27)5-3-14/h2-12H,13H2,1H3,(H,28,29,30)/b21-12+. The van der Waals surface area contributed by atoms with Crippen LogP contribution in [0.3, 0.4) is 0 Å². The molecule has 0 spiro atoms. The normalized spacial score (nSPS) is 15.7. The van der Waals surface area contributed by atoms with Crippen LogP contribution in [0, 0.1) is 3.57 Å². The highest BCUT2D eigenvalue weighted by Crippen LogP contribution is 2.37. The zero-order valence-corrected chi connectivity index (χ0v) is 21.8. The summed E-state index contributed by atoms with van der Waals surface area (Å²) in [6.07, 6.45) is 1.72. The van der Waals surface area contributed by atoms with Gasteiger partial charge in [-0.2, -0.15) is 0 Å². The van der Waals surface area contributed by atoms with E-state index < -0.39 is 0 Å². The van der Waals surface area contributed by atoms with Gasteiger partial charge in [0, 0.05) is 3.57 Å². The van der Waals surface area contributed by atoms with Crippen LogP contribution in [0.2, 0.25) is 10.0 Å². The van der Waals surface area contributed by atoms with Gasteiger partial charge in [0.1, 0.15) is 12.4 Å². The quantitative estimate of drug-likeness (QED) is 0.239. The lowest BCUT2D eigenvalue weighted by atomic mass is 10.2. The molecular weight excluding hydrogens is 594 g/mol. The molecule has 3 aromatic rings. The topological polar surface area (TPSA) is 59.9 Å². The number of aliphatic imine (C=N–C) groups is 1. The fourth-order valence-corrected chi connectivity index (χ4v) is 4.76. The monoisotopic (exact) mass is 610 g/mol. The van der Waals surface area contributed by atoms with Gasteiger partial charge in [0.05, 0.1) is 27.7 Å². The molecule has 0 atom stereocenters. The summed E-state index contributed by atoms with van der Waals surface area (Å²) >= 11 is 16.3. The number of halogens is 3. The third-order valence-corrected chi connectivity index (χ3v) is 6.76. The van der Waals surface area contributed by atoms with Gasteiger partial charge in [0.2, 0.25) is 0 Å². The van der Waals surface area contributed by atoms with E-state index in [1.54, 1.807) is 25.3 Å². The van der Waals surface area contributed by atoms with E-state index in [1.807, 2.05) is 48.5 Å². The zero-order valence-electron chi connectivity index (χ0n) is 17.3. The number of benzene rings is 3. The smallest absolute Gasteiger partial charge is 0.264 e. The molecule has 0 saturated carbocycles. The Kier molecular flexibility index (Phi) is 7.85. The SMILES string of the molecule is COc1ccc(N=C2NC(=O)/C(=C\c3cc(Cl)c(OCc4ccc(I)cc4)c(Cl)c3)S2)cc1. The van der Waals surface area contributed by atoms with Gasteiger partial charge < -0.3 is 14.8 Å². The van der Waals surface area contributed by atoms with Crippen molar-refractivity contribution in [1.82, 2.24) is 5.32 Å². The third-order valence-electron chi connectivity index (χ3n) is 4.57. The molecule has 0 bridgehead atoms. The first-order chi connectivity index (χ1) is 15.9. The second-order valence-electron chi connectivity index (χ2n) is 6.91. The first kappa shape index (κ1) is 23.9. The number of amides is 1. The molecule has 0 aromatic heterocycles. The van der Waals surface area contributed by atoms with Crippen LogP contribution in [0.1, 0.15) is 11.1 Å². The molecule has 168 valence electrons. The van der Waals surface area contributed by atoms with Crippen molar-refractivity contribution < 1.29 is 14.3 Å². The summed E-state index contributed by atoms with van der Waals surface area (Å²) < 4.78 is 12.1. The minimum atomic E-state index is -0.237. The maximum absolute atomic E-state index is 12.4. The molecule has 1 saturated heterocycles. The van der Waals surface area contributed by atoms with Crippen molar-refractivity contribution in [2.75, 3.05) is 7.11 Å². The van der Waals surface area contributed by atoms with Gasteiger partial charge in [-0.15, -0.1) is 0 Å². The largest absolute Gasteiger partial charge is 0.497 e. The van der Waals surface area contributed by atoms with Crippen molar-refractivity contribution in [1.29, 1.82) is 0 Å². The van der Waals surface area contributed by atoms with Gasteiger partial charge in [-0.1, -0.05) is 35.3 Å². The molecule has 0 aliphatic carbocycles. The van der Waals surface area contributed by atoms with Crippen LogP contribution in [0.4, 0.5) is 5.69 Å². The van der Waals surface area contributed by atoms with Gasteiger partial charge in [-0.25, -0.2) is 4.99 Å². The molecule has 4 rings (SSSR count). The van der Waals surface area contributed by atoms with Gasteiger partial charge >= 0.3 is 0 Å². The number of nitrogens with zero attached hydrogens (tertiary/aromatic N) is 1. The molecule has 1 aliphatic heterocycles. The number of methoxy groups -OCH3 is 1. The van der Waals surface area contributed by atoms with E-state index in [0.717, 1.165) is 14.9 Å². The highest BCUT2D eigenvalue weighted by atomic mass is 127. The number of hydrogen-bond donors (Lipinski definition) is 1. The van der Waals surface area contributed by atoms with Crippen LogP contribution >= 0.6 is 57.6 Å². The molecule has 0 radical (unpaired) electrons. The molecule has 1 N–H and O–H groups in total. The molecule has 3 aromatic carbocycles. The van der Waals surface area contributed by atoms with Gasteiger partial charge in [0.15, 0.2) is 10.9 Å². The lowest BCUT2D eigenvalue weighted by Crippen LogP contribution is -2.19. The fraction of sp³-hybridized carbons (Fsp3) is 0.0833. The predicted molar refractivity (Wildman–Crippen MR) is 144 cm³/mol. The average Bonchev–Trinajstić information content (AvgIpc) is 3.13. The summed E-state index contributed by atoms with van der Waals surface area (Å²) in [5, 5.41) is 4.00. The van der Waals surface area contributed by atoms with Crippen molar-refractivity contribution >= 4 is 80.4 Å². The molecule has 1 heterocycles. The summed E-state index contributed by atoms with van der Waals surface area (Å²) in [5.74, 6) is 0.908. The minimum absolute atomic E-state index is 0.237. The molecule has 1 amide bonds. The molecule has 0 unspecified atom stereocenters. The predicted octanol–water partition coefficient (Wildman–Crippen LogP) is 7.08. The Morgan fingerprint density at radius 3 is 2.36 bits per heavy atom. The average molecular weight is 611 g/mol. The van der Waals surface area contributed by atoms with Crippen LogP contribution in [0.25, 0.3) is 6.08 Å². The Morgan fingerprint density at radius 2 is 1.73 bits per heavy atom. The Balaban J connectivity index is 1.48. The van der Waals surface area contributed by atoms with E-state index >= 15 is 0 Å². The van der Waals surface area contributed by atoms with Crippen LogP contribution in [0.15, 0.2) is 70.6 Å². The zero-order chi connectivity index (χ0) is 23.4. The van der Waals surface area contributed by atoms with Crippen molar-refractivity contribution in [2.24, 2.45) is 4.99 Å². The van der Waals surface area contributed by atoms with Crippen molar-refractivity contribution in [3.8, 4) is 11.5 Å². The molecule has 9 heteroatoms. The number of carbonyl (C=O) groups is 1. The molecular formula is C24H17Cl2IN2O3S. The first-order valence-electron chi connectivity index (χ1n) is 9.71. The third kappa shape index (κ3) is 6.23. The minimum Gasteiger partial charge on any atom is -0.497 e. The fourth-order valence-electron chi connectivity index (χ4n) is 2.94. The lowest BCUT2D eigenvalue weighted by Gasteiger charge is -2.11. The van der Waals surface area contributed by atoms with Crippen molar-refractivity contribution in [2.45, 2.75) is 6.61 Å². The Labute approximate surface area is 219 Å². The number of nitrogens with one attached hydrogen (secondary N) is 1. The van der Waals surface area contributed by atoms with E-state index in [4.69, 9.17) is 32.7 Å². The number of ether oxygens (including phenoxy) is 2. The van der Waals surface area contributed by atoms with Crippen molar-refractivity contribution in [3.63, 3.8) is 0 Å². The second kappa shape index (κ2) is 10.8. The van der Waals surface area contributed by atoms with Crippen LogP contribution < -0.4 is 14.8 Å². The second-order valence-corrected chi connectivity index (χ2v) is 10.00. The van der Waals surface area contributed by atoms with Crippen LogP contribution in [-0.4, -0.2) is 18.2 Å². The number of hydrogen-bond acceptors (Lipinski definition) is 5. The Morgan fingerprint density at radius 1 is 1.06 bits per heavy atom. The summed E-state index contributed by atoms with van der Waals surface area (Å²) in [6.45, 7) is 0.347. The molecule has 33 heavy (non-hydrogen) atoms. The number of carbonyl (C=O) groups excluding carboxylic acids is 1. The maximum Gasteiger partial charge on any atom is 0.264 e. The van der Waals surface area contributed by atoms with E-state index in [0.29, 0.717) is 43.7 Å². The summed E-state index contributed by atoms with van der Waals surface area (Å²) in [7, 11) is 1.60.